The molecule has 1 heterocycles. The predicted octanol–water partition coefficient (Wildman–Crippen LogP) is 2.52. The Kier molecular flexibility index (Phi) is 4.15. The van der Waals surface area contributed by atoms with Gasteiger partial charge >= 0.3 is 12.3 Å². The van der Waals surface area contributed by atoms with E-state index >= 15 is 0 Å². The number of halogens is 3. The molecule has 128 valence electrons. The smallest absolute Gasteiger partial charge is 0.422 e. The summed E-state index contributed by atoms with van der Waals surface area (Å²) >= 11 is 0. The van der Waals surface area contributed by atoms with Gasteiger partial charge in [0, 0.05) is 6.04 Å². The van der Waals surface area contributed by atoms with Crippen molar-refractivity contribution < 1.29 is 32.5 Å². The molecule has 0 aromatic carbocycles. The zero-order valence-electron chi connectivity index (χ0n) is 12.9. The fourth-order valence-electron chi connectivity index (χ4n) is 3.01. The van der Waals surface area contributed by atoms with Crippen LogP contribution in [0.1, 0.15) is 46.5 Å². The van der Waals surface area contributed by atoms with Gasteiger partial charge in [-0.05, 0) is 46.5 Å². The van der Waals surface area contributed by atoms with E-state index in [9.17, 15) is 23.1 Å². The summed E-state index contributed by atoms with van der Waals surface area (Å²) in [6.45, 7) is 4.47. The summed E-state index contributed by atoms with van der Waals surface area (Å²) in [5.74, 6) is 0. The number of rotatable bonds is 1. The third-order valence-corrected chi connectivity index (χ3v) is 4.29. The molecule has 22 heavy (non-hydrogen) atoms. The lowest BCUT2D eigenvalue weighted by molar-refractivity contribution is -0.412. The van der Waals surface area contributed by atoms with Crippen molar-refractivity contribution >= 4 is 6.09 Å². The van der Waals surface area contributed by atoms with Crippen molar-refractivity contribution in [2.24, 2.45) is 0 Å². The topological polar surface area (TPSA) is 67.8 Å². The maximum Gasteiger partial charge on any atom is 0.422 e. The minimum atomic E-state index is -4.71. The van der Waals surface area contributed by atoms with E-state index in [2.05, 4.69) is 5.32 Å². The summed E-state index contributed by atoms with van der Waals surface area (Å²) in [6, 6.07) is -0.276. The van der Waals surface area contributed by atoms with Crippen LogP contribution in [0, 0.1) is 0 Å². The molecule has 0 aromatic heterocycles. The van der Waals surface area contributed by atoms with Crippen molar-refractivity contribution in [2.75, 3.05) is 6.61 Å². The number of amides is 1. The molecule has 1 aliphatic heterocycles. The summed E-state index contributed by atoms with van der Waals surface area (Å²) in [5, 5.41) is 12.5. The van der Waals surface area contributed by atoms with E-state index in [1.807, 2.05) is 0 Å². The number of alkyl carbamates (subject to hydrolysis) is 1. The Morgan fingerprint density at radius 3 is 2.18 bits per heavy atom. The zero-order chi connectivity index (χ0) is 16.8. The van der Waals surface area contributed by atoms with Gasteiger partial charge in [-0.2, -0.15) is 13.2 Å². The van der Waals surface area contributed by atoms with Gasteiger partial charge in [0.2, 0.25) is 5.60 Å². The molecule has 0 bridgehead atoms. The van der Waals surface area contributed by atoms with Crippen LogP contribution in [0.25, 0.3) is 0 Å². The van der Waals surface area contributed by atoms with Gasteiger partial charge in [-0.25, -0.2) is 4.79 Å². The van der Waals surface area contributed by atoms with Gasteiger partial charge in [0.05, 0.1) is 6.61 Å². The van der Waals surface area contributed by atoms with E-state index in [0.29, 0.717) is 12.8 Å². The molecule has 0 radical (unpaired) electrons. The molecule has 1 aliphatic carbocycles. The van der Waals surface area contributed by atoms with E-state index in [4.69, 9.17) is 9.47 Å². The van der Waals surface area contributed by atoms with Crippen LogP contribution < -0.4 is 5.32 Å². The SMILES string of the molecule is CC(C)(C)OC(=O)NC1CCC2(CC1)OCC2(O)C(F)(F)F. The van der Waals surface area contributed by atoms with Gasteiger partial charge < -0.3 is 19.9 Å². The molecule has 5 nitrogen and oxygen atoms in total. The van der Waals surface area contributed by atoms with Crippen molar-refractivity contribution in [3.05, 3.63) is 0 Å². The van der Waals surface area contributed by atoms with Crippen LogP contribution >= 0.6 is 0 Å². The Morgan fingerprint density at radius 2 is 1.82 bits per heavy atom. The van der Waals surface area contributed by atoms with E-state index in [1.54, 1.807) is 20.8 Å². The van der Waals surface area contributed by atoms with E-state index < -0.39 is 35.7 Å². The highest BCUT2D eigenvalue weighted by Crippen LogP contribution is 2.54. The van der Waals surface area contributed by atoms with Crippen LogP contribution in [-0.4, -0.2) is 46.8 Å². The number of aliphatic hydroxyl groups is 1. The number of ether oxygens (including phenoxy) is 2. The Labute approximate surface area is 127 Å². The molecule has 1 spiro atoms. The lowest BCUT2D eigenvalue weighted by Gasteiger charge is -2.58. The molecule has 0 aromatic rings. The largest absolute Gasteiger partial charge is 0.444 e. The quantitative estimate of drug-likeness (QED) is 0.777. The fraction of sp³-hybridized carbons (Fsp3) is 0.929. The first-order valence-corrected chi connectivity index (χ1v) is 7.31. The van der Waals surface area contributed by atoms with Gasteiger partial charge in [0.25, 0.3) is 0 Å². The summed E-state index contributed by atoms with van der Waals surface area (Å²) in [5.41, 5.74) is -4.98. The predicted molar refractivity (Wildman–Crippen MR) is 71.3 cm³/mol. The lowest BCUT2D eigenvalue weighted by atomic mass is 9.67. The third-order valence-electron chi connectivity index (χ3n) is 4.29. The van der Waals surface area contributed by atoms with Crippen molar-refractivity contribution in [3.8, 4) is 0 Å². The van der Waals surface area contributed by atoms with Crippen LogP contribution in [0.2, 0.25) is 0 Å². The highest BCUT2D eigenvalue weighted by Gasteiger charge is 2.73. The Balaban J connectivity index is 1.90. The molecular weight excluding hydrogens is 303 g/mol. The molecule has 1 amide bonds. The lowest BCUT2D eigenvalue weighted by Crippen LogP contribution is -2.76. The number of hydrogen-bond acceptors (Lipinski definition) is 4. The molecule has 1 saturated heterocycles. The van der Waals surface area contributed by atoms with E-state index in [0.717, 1.165) is 0 Å². The molecule has 2 rings (SSSR count). The molecule has 1 atom stereocenters. The first kappa shape index (κ1) is 17.3. The van der Waals surface area contributed by atoms with Crippen LogP contribution in [0.15, 0.2) is 0 Å². The second kappa shape index (κ2) is 5.26. The van der Waals surface area contributed by atoms with Crippen molar-refractivity contribution in [1.82, 2.24) is 5.32 Å². The van der Waals surface area contributed by atoms with Crippen LogP contribution in [-0.2, 0) is 9.47 Å². The molecule has 1 unspecified atom stereocenters. The first-order chi connectivity index (χ1) is 9.89. The molecule has 2 N–H and O–H groups in total. The van der Waals surface area contributed by atoms with Gasteiger partial charge in [-0.15, -0.1) is 0 Å². The second-order valence-corrected chi connectivity index (χ2v) is 7.06. The number of carbonyl (C=O) groups is 1. The van der Waals surface area contributed by atoms with Crippen LogP contribution in [0.5, 0.6) is 0 Å². The minimum Gasteiger partial charge on any atom is -0.444 e. The van der Waals surface area contributed by atoms with E-state index in [1.165, 1.54) is 0 Å². The highest BCUT2D eigenvalue weighted by atomic mass is 19.4. The van der Waals surface area contributed by atoms with Gasteiger partial charge in [0.1, 0.15) is 11.2 Å². The summed E-state index contributed by atoms with van der Waals surface area (Å²) in [4.78, 5) is 11.7. The molecule has 2 aliphatic rings. The maximum atomic E-state index is 13.0. The second-order valence-electron chi connectivity index (χ2n) is 7.06. The van der Waals surface area contributed by atoms with Crippen LogP contribution in [0.4, 0.5) is 18.0 Å². The number of carbonyl (C=O) groups excluding carboxylic acids is 1. The zero-order valence-corrected chi connectivity index (χ0v) is 12.9. The minimum absolute atomic E-state index is 0.0451. The van der Waals surface area contributed by atoms with Gasteiger partial charge in [-0.1, -0.05) is 0 Å². The van der Waals surface area contributed by atoms with Gasteiger partial charge in [-0.3, -0.25) is 0 Å². The normalized spacial score (nSPS) is 35.9. The average molecular weight is 325 g/mol. The monoisotopic (exact) mass is 325 g/mol. The first-order valence-electron chi connectivity index (χ1n) is 7.31. The third kappa shape index (κ3) is 3.03. The number of nitrogens with one attached hydrogen (secondary N) is 1. The fourth-order valence-corrected chi connectivity index (χ4v) is 3.01. The summed E-state index contributed by atoms with van der Waals surface area (Å²) < 4.78 is 49.2. The Hall–Kier alpha value is -1.02. The summed E-state index contributed by atoms with van der Waals surface area (Å²) in [7, 11) is 0. The average Bonchev–Trinajstić information content (AvgIpc) is 2.33. The standard InChI is InChI=1S/C14H22F3NO4/c1-11(2,3)22-10(19)18-9-4-6-12(7-5-9)13(20,8-21-12)14(15,16)17/h9,20H,4-8H2,1-3H3,(H,18,19). The number of alkyl halides is 3. The van der Waals surface area contributed by atoms with Gasteiger partial charge in [0.15, 0.2) is 0 Å². The van der Waals surface area contributed by atoms with Crippen molar-refractivity contribution in [1.29, 1.82) is 0 Å². The Bertz CT molecular complexity index is 438. The van der Waals surface area contributed by atoms with Crippen LogP contribution in [0.3, 0.4) is 0 Å². The Morgan fingerprint density at radius 1 is 1.27 bits per heavy atom. The molecule has 1 saturated carbocycles. The number of hydrogen-bond donors (Lipinski definition) is 2. The molecule has 2 fully saturated rings. The highest BCUT2D eigenvalue weighted by molar-refractivity contribution is 5.68. The molecule has 8 heteroatoms. The molecular formula is C14H22F3NO4. The van der Waals surface area contributed by atoms with Crippen molar-refractivity contribution in [2.45, 2.75) is 75.5 Å². The van der Waals surface area contributed by atoms with E-state index in [-0.39, 0.29) is 18.9 Å². The summed E-state index contributed by atoms with van der Waals surface area (Å²) in [6.07, 6.45) is -4.60. The maximum absolute atomic E-state index is 13.0. The van der Waals surface area contributed by atoms with Crippen molar-refractivity contribution in [3.63, 3.8) is 0 Å².